The molecule has 16 heavy (non-hydrogen) atoms. The highest BCUT2D eigenvalue weighted by Crippen LogP contribution is 2.04. The molecule has 2 aromatic heterocycles. The highest BCUT2D eigenvalue weighted by Gasteiger charge is 2.02. The predicted octanol–water partition coefficient (Wildman–Crippen LogP) is 1.74. The van der Waals surface area contributed by atoms with Crippen molar-refractivity contribution in [2.24, 2.45) is 0 Å². The van der Waals surface area contributed by atoms with Crippen molar-refractivity contribution in [1.29, 1.82) is 0 Å². The Labute approximate surface area is 94.4 Å². The average molecular weight is 220 g/mol. The summed E-state index contributed by atoms with van der Waals surface area (Å²) in [6.45, 7) is 5.63. The molecule has 0 aromatic carbocycles. The first-order valence-electron chi connectivity index (χ1n) is 5.40. The average Bonchev–Trinajstić information content (AvgIpc) is 2.87. The normalized spacial score (nSPS) is 11.2. The fourth-order valence-electron chi connectivity index (χ4n) is 1.41. The van der Waals surface area contributed by atoms with E-state index in [9.17, 15) is 0 Å². The number of nitrogens with one attached hydrogen (secondary N) is 1. The van der Waals surface area contributed by atoms with Gasteiger partial charge in [0.15, 0.2) is 0 Å². The van der Waals surface area contributed by atoms with Crippen molar-refractivity contribution in [3.63, 3.8) is 0 Å². The lowest BCUT2D eigenvalue weighted by molar-refractivity contribution is 0.372. The van der Waals surface area contributed by atoms with Gasteiger partial charge in [-0.15, -0.1) is 0 Å². The Morgan fingerprint density at radius 1 is 1.38 bits per heavy atom. The molecule has 5 nitrogen and oxygen atoms in total. The van der Waals surface area contributed by atoms with Gasteiger partial charge in [-0.3, -0.25) is 4.68 Å². The van der Waals surface area contributed by atoms with E-state index in [1.165, 1.54) is 0 Å². The number of nitrogens with zero attached hydrogens (tertiary/aromatic N) is 3. The molecule has 0 saturated heterocycles. The molecule has 0 spiro atoms. The lowest BCUT2D eigenvalue weighted by Gasteiger charge is -2.04. The molecule has 0 radical (unpaired) electrons. The number of aromatic nitrogens is 3. The van der Waals surface area contributed by atoms with Gasteiger partial charge in [0.1, 0.15) is 5.76 Å². The van der Waals surface area contributed by atoms with Crippen molar-refractivity contribution in [3.05, 3.63) is 36.0 Å². The second kappa shape index (κ2) is 4.94. The van der Waals surface area contributed by atoms with E-state index in [2.05, 4.69) is 29.4 Å². The molecule has 2 aromatic rings. The molecular weight excluding hydrogens is 204 g/mol. The molecule has 2 heterocycles. The van der Waals surface area contributed by atoms with Crippen LogP contribution in [0.15, 0.2) is 29.0 Å². The van der Waals surface area contributed by atoms with Crippen LogP contribution in [0.5, 0.6) is 0 Å². The van der Waals surface area contributed by atoms with E-state index in [0.717, 1.165) is 18.0 Å². The van der Waals surface area contributed by atoms with Crippen molar-refractivity contribution in [2.75, 3.05) is 0 Å². The summed E-state index contributed by atoms with van der Waals surface area (Å²) >= 11 is 0. The van der Waals surface area contributed by atoms with Gasteiger partial charge >= 0.3 is 0 Å². The molecule has 0 unspecified atom stereocenters. The van der Waals surface area contributed by atoms with E-state index < -0.39 is 0 Å². The second-order valence-corrected chi connectivity index (χ2v) is 3.96. The van der Waals surface area contributed by atoms with Gasteiger partial charge in [-0.1, -0.05) is 5.16 Å². The summed E-state index contributed by atoms with van der Waals surface area (Å²) in [6.07, 6.45) is 3.64. The number of rotatable bonds is 5. The number of hydrogen-bond acceptors (Lipinski definition) is 4. The van der Waals surface area contributed by atoms with Crippen LogP contribution >= 0.6 is 0 Å². The molecule has 5 heteroatoms. The second-order valence-electron chi connectivity index (χ2n) is 3.96. The topological polar surface area (TPSA) is 55.9 Å². The van der Waals surface area contributed by atoms with Gasteiger partial charge in [0, 0.05) is 24.8 Å². The van der Waals surface area contributed by atoms with Crippen LogP contribution in [0.25, 0.3) is 0 Å². The van der Waals surface area contributed by atoms with Crippen molar-refractivity contribution in [3.8, 4) is 0 Å². The molecule has 0 amide bonds. The smallest absolute Gasteiger partial charge is 0.150 e. The highest BCUT2D eigenvalue weighted by molar-refractivity contribution is 5.00. The third-order valence-electron chi connectivity index (χ3n) is 2.29. The summed E-state index contributed by atoms with van der Waals surface area (Å²) in [6, 6.07) is 4.27. The first kappa shape index (κ1) is 10.9. The number of hydrogen-bond donors (Lipinski definition) is 1. The lowest BCUT2D eigenvalue weighted by atomic mass is 10.4. The summed E-state index contributed by atoms with van der Waals surface area (Å²) in [5, 5.41) is 11.3. The van der Waals surface area contributed by atoms with Crippen LogP contribution in [-0.4, -0.2) is 14.9 Å². The zero-order valence-electron chi connectivity index (χ0n) is 9.55. The molecule has 0 aliphatic carbocycles. The molecule has 0 aliphatic rings. The van der Waals surface area contributed by atoms with Gasteiger partial charge in [0.05, 0.1) is 18.4 Å². The van der Waals surface area contributed by atoms with Crippen LogP contribution in [0.4, 0.5) is 0 Å². The van der Waals surface area contributed by atoms with E-state index in [0.29, 0.717) is 12.6 Å². The molecule has 0 fully saturated rings. The fraction of sp³-hybridized carbons (Fsp3) is 0.455. The van der Waals surface area contributed by atoms with Crippen LogP contribution in [0.3, 0.4) is 0 Å². The van der Waals surface area contributed by atoms with Crippen molar-refractivity contribution in [1.82, 2.24) is 20.3 Å². The van der Waals surface area contributed by atoms with Gasteiger partial charge in [-0.05, 0) is 19.9 Å². The van der Waals surface area contributed by atoms with Gasteiger partial charge in [-0.2, -0.15) is 5.10 Å². The third kappa shape index (κ3) is 2.70. The minimum absolute atomic E-state index is 0.406. The Morgan fingerprint density at radius 2 is 2.25 bits per heavy atom. The molecule has 0 bridgehead atoms. The highest BCUT2D eigenvalue weighted by atomic mass is 16.5. The Bertz CT molecular complexity index is 419. The monoisotopic (exact) mass is 220 g/mol. The maximum absolute atomic E-state index is 4.98. The Hall–Kier alpha value is -1.62. The quantitative estimate of drug-likeness (QED) is 0.834. The first-order chi connectivity index (χ1) is 7.75. The van der Waals surface area contributed by atoms with Gasteiger partial charge in [-0.25, -0.2) is 0 Å². The molecule has 1 N–H and O–H groups in total. The van der Waals surface area contributed by atoms with E-state index in [1.54, 1.807) is 6.20 Å². The van der Waals surface area contributed by atoms with Crippen molar-refractivity contribution >= 4 is 0 Å². The minimum Gasteiger partial charge on any atom is -0.360 e. The Balaban J connectivity index is 1.81. The zero-order chi connectivity index (χ0) is 11.4. The van der Waals surface area contributed by atoms with Crippen molar-refractivity contribution in [2.45, 2.75) is 33.0 Å². The van der Waals surface area contributed by atoms with Crippen LogP contribution in [0, 0.1) is 0 Å². The van der Waals surface area contributed by atoms with Crippen molar-refractivity contribution < 1.29 is 4.52 Å². The summed E-state index contributed by atoms with van der Waals surface area (Å²) < 4.78 is 6.93. The third-order valence-corrected chi connectivity index (χ3v) is 2.29. The zero-order valence-corrected chi connectivity index (χ0v) is 9.55. The van der Waals surface area contributed by atoms with Gasteiger partial charge < -0.3 is 9.84 Å². The lowest BCUT2D eigenvalue weighted by Crippen LogP contribution is -2.13. The maximum atomic E-state index is 4.98. The van der Waals surface area contributed by atoms with Gasteiger partial charge in [0.25, 0.3) is 0 Å². The van der Waals surface area contributed by atoms with Gasteiger partial charge in [0.2, 0.25) is 0 Å². The molecule has 2 rings (SSSR count). The predicted molar refractivity (Wildman–Crippen MR) is 59.7 cm³/mol. The van der Waals surface area contributed by atoms with Crippen LogP contribution in [0.2, 0.25) is 0 Å². The largest absolute Gasteiger partial charge is 0.360 e. The molecule has 0 aliphatic heterocycles. The van der Waals surface area contributed by atoms with Crippen LogP contribution in [-0.2, 0) is 13.1 Å². The summed E-state index contributed by atoms with van der Waals surface area (Å²) in [7, 11) is 0. The van der Waals surface area contributed by atoms with E-state index in [4.69, 9.17) is 4.52 Å². The fourth-order valence-corrected chi connectivity index (χ4v) is 1.41. The first-order valence-corrected chi connectivity index (χ1v) is 5.40. The maximum Gasteiger partial charge on any atom is 0.150 e. The molecule has 0 saturated carbocycles. The Morgan fingerprint density at radius 3 is 2.88 bits per heavy atom. The molecule has 86 valence electrons. The van der Waals surface area contributed by atoms with Crippen LogP contribution < -0.4 is 5.32 Å². The standard InChI is InChI=1S/C11H16N4O/c1-9(2)15-6-4-10(14-15)7-12-8-11-3-5-13-16-11/h3-6,9,12H,7-8H2,1-2H3. The van der Waals surface area contributed by atoms with E-state index in [-0.39, 0.29) is 0 Å². The molecule has 0 atom stereocenters. The summed E-state index contributed by atoms with van der Waals surface area (Å²) in [5.74, 6) is 0.836. The SMILES string of the molecule is CC(C)n1ccc(CNCc2ccno2)n1. The van der Waals surface area contributed by atoms with Crippen LogP contribution in [0.1, 0.15) is 31.3 Å². The summed E-state index contributed by atoms with van der Waals surface area (Å²) in [4.78, 5) is 0. The Kier molecular flexibility index (Phi) is 3.36. The minimum atomic E-state index is 0.406. The summed E-state index contributed by atoms with van der Waals surface area (Å²) in [5.41, 5.74) is 1.04. The van der Waals surface area contributed by atoms with E-state index in [1.807, 2.05) is 23.0 Å². The molecular formula is C11H16N4O. The van der Waals surface area contributed by atoms with E-state index >= 15 is 0 Å².